The largest absolute Gasteiger partial charge is 0.496 e. The van der Waals surface area contributed by atoms with Crippen LogP contribution >= 0.6 is 11.6 Å². The zero-order valence-corrected chi connectivity index (χ0v) is 8.80. The van der Waals surface area contributed by atoms with Gasteiger partial charge in [-0.05, 0) is 24.6 Å². The van der Waals surface area contributed by atoms with Crippen LogP contribution in [0, 0.1) is 6.92 Å². The molecule has 2 nitrogen and oxygen atoms in total. The minimum atomic E-state index is 0.527. The highest BCUT2D eigenvalue weighted by molar-refractivity contribution is 6.34. The smallest absolute Gasteiger partial charge is 0.137 e. The average Bonchev–Trinajstić information content (AvgIpc) is 2.18. The number of fused-ring (bicyclic) bond motifs is 1. The summed E-state index contributed by atoms with van der Waals surface area (Å²) in [4.78, 5) is 4.05. The van der Waals surface area contributed by atoms with Crippen LogP contribution < -0.4 is 4.74 Å². The van der Waals surface area contributed by atoms with Gasteiger partial charge in [0.05, 0.1) is 7.11 Å². The van der Waals surface area contributed by atoms with Crippen LogP contribution in [0.25, 0.3) is 10.8 Å². The molecule has 0 amide bonds. The molecular weight excluding hydrogens is 198 g/mol. The van der Waals surface area contributed by atoms with Crippen molar-refractivity contribution in [1.29, 1.82) is 0 Å². The SMILES string of the molecule is COc1ccc(C)c2c(Cl)nccc12. The fourth-order valence-electron chi connectivity index (χ4n) is 1.57. The lowest BCUT2D eigenvalue weighted by Crippen LogP contribution is -1.88. The van der Waals surface area contributed by atoms with Crippen molar-refractivity contribution >= 4 is 22.4 Å². The molecule has 0 aliphatic carbocycles. The molecule has 0 fully saturated rings. The molecule has 0 saturated heterocycles. The van der Waals surface area contributed by atoms with E-state index in [4.69, 9.17) is 16.3 Å². The number of aryl methyl sites for hydroxylation is 1. The quantitative estimate of drug-likeness (QED) is 0.670. The number of benzene rings is 1. The molecule has 14 heavy (non-hydrogen) atoms. The molecule has 0 bridgehead atoms. The zero-order chi connectivity index (χ0) is 10.1. The molecule has 0 aliphatic rings. The maximum absolute atomic E-state index is 6.02. The third kappa shape index (κ3) is 1.32. The Bertz CT molecular complexity index is 474. The third-order valence-corrected chi connectivity index (χ3v) is 2.56. The first kappa shape index (κ1) is 9.28. The second-order valence-corrected chi connectivity index (χ2v) is 3.47. The van der Waals surface area contributed by atoms with Gasteiger partial charge in [0.25, 0.3) is 0 Å². The van der Waals surface area contributed by atoms with Crippen LogP contribution in [0.15, 0.2) is 24.4 Å². The Morgan fingerprint density at radius 3 is 2.79 bits per heavy atom. The van der Waals surface area contributed by atoms with Gasteiger partial charge in [0.2, 0.25) is 0 Å². The van der Waals surface area contributed by atoms with E-state index in [1.54, 1.807) is 13.3 Å². The van der Waals surface area contributed by atoms with Gasteiger partial charge in [-0.15, -0.1) is 0 Å². The van der Waals surface area contributed by atoms with Crippen LogP contribution in [-0.4, -0.2) is 12.1 Å². The van der Waals surface area contributed by atoms with Crippen molar-refractivity contribution in [2.24, 2.45) is 0 Å². The molecule has 0 saturated carbocycles. The van der Waals surface area contributed by atoms with E-state index in [0.29, 0.717) is 5.15 Å². The fraction of sp³-hybridized carbons (Fsp3) is 0.182. The first-order chi connectivity index (χ1) is 6.74. The van der Waals surface area contributed by atoms with E-state index in [1.165, 1.54) is 0 Å². The lowest BCUT2D eigenvalue weighted by Gasteiger charge is -2.08. The summed E-state index contributed by atoms with van der Waals surface area (Å²) in [5, 5.41) is 2.50. The first-order valence-corrected chi connectivity index (χ1v) is 4.69. The first-order valence-electron chi connectivity index (χ1n) is 4.32. The van der Waals surface area contributed by atoms with E-state index < -0.39 is 0 Å². The number of halogens is 1. The van der Waals surface area contributed by atoms with Crippen LogP contribution in [0.4, 0.5) is 0 Å². The van der Waals surface area contributed by atoms with Crippen LogP contribution in [-0.2, 0) is 0 Å². The molecule has 0 atom stereocenters. The van der Waals surface area contributed by atoms with E-state index in [-0.39, 0.29) is 0 Å². The van der Waals surface area contributed by atoms with E-state index >= 15 is 0 Å². The Morgan fingerprint density at radius 1 is 1.29 bits per heavy atom. The molecule has 1 heterocycles. The highest BCUT2D eigenvalue weighted by atomic mass is 35.5. The van der Waals surface area contributed by atoms with Gasteiger partial charge in [-0.1, -0.05) is 17.7 Å². The summed E-state index contributed by atoms with van der Waals surface area (Å²) in [6, 6.07) is 5.83. The van der Waals surface area contributed by atoms with Gasteiger partial charge in [-0.25, -0.2) is 4.98 Å². The lowest BCUT2D eigenvalue weighted by molar-refractivity contribution is 0.419. The van der Waals surface area contributed by atoms with Crippen LogP contribution in [0.5, 0.6) is 5.75 Å². The number of nitrogens with zero attached hydrogens (tertiary/aromatic N) is 1. The number of ether oxygens (including phenoxy) is 1. The van der Waals surface area contributed by atoms with Crippen molar-refractivity contribution in [3.63, 3.8) is 0 Å². The van der Waals surface area contributed by atoms with Crippen molar-refractivity contribution in [1.82, 2.24) is 4.98 Å². The van der Waals surface area contributed by atoms with Crippen molar-refractivity contribution in [2.45, 2.75) is 6.92 Å². The monoisotopic (exact) mass is 207 g/mol. The molecule has 0 N–H and O–H groups in total. The van der Waals surface area contributed by atoms with Crippen molar-refractivity contribution in [3.05, 3.63) is 35.1 Å². The minimum absolute atomic E-state index is 0.527. The summed E-state index contributed by atoms with van der Waals surface area (Å²) in [6.07, 6.45) is 1.69. The molecule has 0 aliphatic heterocycles. The van der Waals surface area contributed by atoms with Crippen molar-refractivity contribution in [2.75, 3.05) is 7.11 Å². The van der Waals surface area contributed by atoms with Gasteiger partial charge < -0.3 is 4.74 Å². The number of aromatic nitrogens is 1. The topological polar surface area (TPSA) is 22.1 Å². The highest BCUT2D eigenvalue weighted by Gasteiger charge is 2.07. The Labute approximate surface area is 87.5 Å². The fourth-order valence-corrected chi connectivity index (χ4v) is 1.88. The van der Waals surface area contributed by atoms with E-state index in [1.807, 2.05) is 25.1 Å². The molecule has 2 rings (SSSR count). The van der Waals surface area contributed by atoms with Crippen molar-refractivity contribution in [3.8, 4) is 5.75 Å². The zero-order valence-electron chi connectivity index (χ0n) is 8.04. The van der Waals surface area contributed by atoms with E-state index in [0.717, 1.165) is 22.1 Å². The maximum atomic E-state index is 6.02. The molecule has 1 aromatic heterocycles. The predicted molar refractivity (Wildman–Crippen MR) is 58.0 cm³/mol. The van der Waals surface area contributed by atoms with E-state index in [9.17, 15) is 0 Å². The average molecular weight is 208 g/mol. The summed E-state index contributed by atoms with van der Waals surface area (Å²) in [6.45, 7) is 2.01. The summed E-state index contributed by atoms with van der Waals surface area (Å²) >= 11 is 6.02. The summed E-state index contributed by atoms with van der Waals surface area (Å²) < 4.78 is 5.25. The maximum Gasteiger partial charge on any atom is 0.137 e. The molecule has 0 unspecified atom stereocenters. The van der Waals surface area contributed by atoms with Crippen LogP contribution in [0.1, 0.15) is 5.56 Å². The van der Waals surface area contributed by atoms with Gasteiger partial charge in [0.15, 0.2) is 0 Å². The van der Waals surface area contributed by atoms with Gasteiger partial charge in [0, 0.05) is 17.0 Å². The number of hydrogen-bond donors (Lipinski definition) is 0. The normalized spacial score (nSPS) is 10.5. The van der Waals surface area contributed by atoms with Gasteiger partial charge in [-0.3, -0.25) is 0 Å². The van der Waals surface area contributed by atoms with Crippen LogP contribution in [0.2, 0.25) is 5.15 Å². The Hall–Kier alpha value is -1.28. The predicted octanol–water partition coefficient (Wildman–Crippen LogP) is 3.21. The lowest BCUT2D eigenvalue weighted by atomic mass is 10.1. The van der Waals surface area contributed by atoms with Gasteiger partial charge in [0.1, 0.15) is 10.9 Å². The minimum Gasteiger partial charge on any atom is -0.496 e. The standard InChI is InChI=1S/C11H10ClNO/c1-7-3-4-9(14-2)8-5-6-13-11(12)10(7)8/h3-6H,1-2H3. The Balaban J connectivity index is 2.91. The summed E-state index contributed by atoms with van der Waals surface area (Å²) in [5.41, 5.74) is 1.11. The molecule has 1 aromatic carbocycles. The summed E-state index contributed by atoms with van der Waals surface area (Å²) in [7, 11) is 1.65. The Morgan fingerprint density at radius 2 is 2.07 bits per heavy atom. The molecule has 2 aromatic rings. The second kappa shape index (κ2) is 3.46. The van der Waals surface area contributed by atoms with Gasteiger partial charge in [-0.2, -0.15) is 0 Å². The second-order valence-electron chi connectivity index (χ2n) is 3.11. The van der Waals surface area contributed by atoms with Crippen molar-refractivity contribution < 1.29 is 4.74 Å². The molecule has 72 valence electrons. The van der Waals surface area contributed by atoms with Crippen LogP contribution in [0.3, 0.4) is 0 Å². The Kier molecular flexibility index (Phi) is 2.30. The molecular formula is C11H10ClNO. The molecule has 3 heteroatoms. The molecule has 0 spiro atoms. The number of pyridine rings is 1. The number of methoxy groups -OCH3 is 1. The highest BCUT2D eigenvalue weighted by Crippen LogP contribution is 2.31. The summed E-state index contributed by atoms with van der Waals surface area (Å²) in [5.74, 6) is 0.829. The van der Waals surface area contributed by atoms with Gasteiger partial charge >= 0.3 is 0 Å². The number of rotatable bonds is 1. The number of hydrogen-bond acceptors (Lipinski definition) is 2. The van der Waals surface area contributed by atoms with E-state index in [2.05, 4.69) is 4.98 Å². The third-order valence-electron chi connectivity index (χ3n) is 2.27. The molecule has 0 radical (unpaired) electrons.